The smallest absolute Gasteiger partial charge is 0.326 e. The van der Waals surface area contributed by atoms with Crippen LogP contribution >= 0.6 is 0 Å². The molecule has 7 heteroatoms. The first-order valence-corrected chi connectivity index (χ1v) is 7.22. The van der Waals surface area contributed by atoms with Crippen LogP contribution in [-0.4, -0.2) is 32.8 Å². The first kappa shape index (κ1) is 16.7. The lowest BCUT2D eigenvalue weighted by Crippen LogP contribution is -2.41. The summed E-state index contributed by atoms with van der Waals surface area (Å²) >= 11 is 0. The molecule has 2 aromatic rings. The molecule has 6 nitrogen and oxygen atoms in total. The summed E-state index contributed by atoms with van der Waals surface area (Å²) in [5, 5.41) is 15.7. The lowest BCUT2D eigenvalue weighted by molar-refractivity contribution is -0.139. The van der Waals surface area contributed by atoms with E-state index in [4.69, 9.17) is 5.11 Å². The second kappa shape index (κ2) is 7.04. The molecule has 0 spiro atoms. The largest absolute Gasteiger partial charge is 0.480 e. The van der Waals surface area contributed by atoms with Gasteiger partial charge in [-0.15, -0.1) is 0 Å². The van der Waals surface area contributed by atoms with Crippen molar-refractivity contribution in [2.45, 2.75) is 26.3 Å². The first-order valence-electron chi connectivity index (χ1n) is 7.22. The second-order valence-electron chi connectivity index (χ2n) is 5.62. The minimum atomic E-state index is -1.08. The van der Waals surface area contributed by atoms with Crippen molar-refractivity contribution in [2.24, 2.45) is 5.92 Å². The normalized spacial score (nSPS) is 12.2. The van der Waals surface area contributed by atoms with Crippen molar-refractivity contribution in [1.82, 2.24) is 15.1 Å². The van der Waals surface area contributed by atoms with E-state index in [0.29, 0.717) is 12.1 Å². The molecular weight excluding hydrogens is 301 g/mol. The molecule has 0 radical (unpaired) electrons. The summed E-state index contributed by atoms with van der Waals surface area (Å²) in [6, 6.07) is 6.16. The number of carboxylic acids is 1. The number of hydrogen-bond acceptors (Lipinski definition) is 3. The Morgan fingerprint density at radius 2 is 1.91 bits per heavy atom. The third-order valence-electron chi connectivity index (χ3n) is 3.22. The summed E-state index contributed by atoms with van der Waals surface area (Å²) in [5.41, 5.74) is 0.701. The molecule has 0 bridgehead atoms. The maximum Gasteiger partial charge on any atom is 0.326 e. The van der Waals surface area contributed by atoms with Gasteiger partial charge in [0.25, 0.3) is 5.91 Å². The minimum Gasteiger partial charge on any atom is -0.480 e. The molecule has 0 aliphatic heterocycles. The van der Waals surface area contributed by atoms with Crippen molar-refractivity contribution in [3.63, 3.8) is 0 Å². The Morgan fingerprint density at radius 3 is 2.48 bits per heavy atom. The fraction of sp³-hybridized carbons (Fsp3) is 0.312. The van der Waals surface area contributed by atoms with Crippen molar-refractivity contribution in [3.8, 4) is 5.69 Å². The first-order chi connectivity index (χ1) is 10.9. The van der Waals surface area contributed by atoms with Gasteiger partial charge in [0.15, 0.2) is 5.69 Å². The Balaban J connectivity index is 2.11. The summed E-state index contributed by atoms with van der Waals surface area (Å²) < 4.78 is 14.3. The van der Waals surface area contributed by atoms with Crippen LogP contribution in [0.1, 0.15) is 30.8 Å². The van der Waals surface area contributed by atoms with Crippen LogP contribution in [0.15, 0.2) is 36.5 Å². The zero-order valence-corrected chi connectivity index (χ0v) is 12.9. The van der Waals surface area contributed by atoms with Gasteiger partial charge in [-0.1, -0.05) is 13.8 Å². The van der Waals surface area contributed by atoms with Crippen LogP contribution in [0.25, 0.3) is 5.69 Å². The third-order valence-corrected chi connectivity index (χ3v) is 3.22. The Hall–Kier alpha value is -2.70. The number of amides is 1. The number of nitrogens with zero attached hydrogens (tertiary/aromatic N) is 2. The SMILES string of the molecule is CC(C)C[C@H](NC(=O)c1ccn(-c2ccc(F)cc2)n1)C(=O)O. The number of carboxylic acid groups (broad SMARTS) is 1. The molecule has 1 heterocycles. The van der Waals surface area contributed by atoms with Gasteiger partial charge in [0.2, 0.25) is 0 Å². The summed E-state index contributed by atoms with van der Waals surface area (Å²) in [6.45, 7) is 3.76. The number of nitrogens with one attached hydrogen (secondary N) is 1. The maximum absolute atomic E-state index is 12.9. The highest BCUT2D eigenvalue weighted by Gasteiger charge is 2.22. The number of carbonyl (C=O) groups excluding carboxylic acids is 1. The number of benzene rings is 1. The van der Waals surface area contributed by atoms with Crippen LogP contribution in [0.3, 0.4) is 0 Å². The molecule has 2 N–H and O–H groups in total. The molecule has 0 aliphatic carbocycles. The second-order valence-corrected chi connectivity index (χ2v) is 5.62. The maximum atomic E-state index is 12.9. The Bertz CT molecular complexity index is 695. The molecule has 0 unspecified atom stereocenters. The fourth-order valence-corrected chi connectivity index (χ4v) is 2.11. The average molecular weight is 319 g/mol. The van der Waals surface area contributed by atoms with E-state index in [1.165, 1.54) is 35.0 Å². The molecule has 23 heavy (non-hydrogen) atoms. The van der Waals surface area contributed by atoms with Crippen molar-refractivity contribution in [1.29, 1.82) is 0 Å². The van der Waals surface area contributed by atoms with E-state index in [1.54, 1.807) is 6.20 Å². The third kappa shape index (κ3) is 4.38. The predicted molar refractivity (Wildman–Crippen MR) is 81.9 cm³/mol. The van der Waals surface area contributed by atoms with Crippen LogP contribution in [0.4, 0.5) is 4.39 Å². The zero-order valence-electron chi connectivity index (χ0n) is 12.9. The summed E-state index contributed by atoms with van der Waals surface area (Å²) in [4.78, 5) is 23.3. The molecule has 0 saturated carbocycles. The standard InChI is InChI=1S/C16H18FN3O3/c1-10(2)9-14(16(22)23)18-15(21)13-7-8-20(19-13)12-5-3-11(17)4-6-12/h3-8,10,14H,9H2,1-2H3,(H,18,21)(H,22,23)/t14-/m0/s1. The fourth-order valence-electron chi connectivity index (χ4n) is 2.11. The highest BCUT2D eigenvalue weighted by molar-refractivity contribution is 5.94. The van der Waals surface area contributed by atoms with Crippen molar-refractivity contribution >= 4 is 11.9 Å². The van der Waals surface area contributed by atoms with E-state index in [-0.39, 0.29) is 17.4 Å². The van der Waals surface area contributed by atoms with Gasteiger partial charge in [0.05, 0.1) is 5.69 Å². The molecule has 0 aliphatic rings. The van der Waals surface area contributed by atoms with Gasteiger partial charge in [-0.3, -0.25) is 4.79 Å². The molecule has 0 fully saturated rings. The van der Waals surface area contributed by atoms with Crippen LogP contribution in [0, 0.1) is 11.7 Å². The Morgan fingerprint density at radius 1 is 1.26 bits per heavy atom. The molecule has 1 aromatic carbocycles. The number of aliphatic carboxylic acids is 1. The van der Waals surface area contributed by atoms with Gasteiger partial charge < -0.3 is 10.4 Å². The molecule has 0 saturated heterocycles. The molecule has 2 rings (SSSR count). The summed E-state index contributed by atoms with van der Waals surface area (Å²) in [7, 11) is 0. The minimum absolute atomic E-state index is 0.101. The van der Waals surface area contributed by atoms with Gasteiger partial charge in [-0.2, -0.15) is 5.10 Å². The van der Waals surface area contributed by atoms with Crippen LogP contribution < -0.4 is 5.32 Å². The average Bonchev–Trinajstić information content (AvgIpc) is 2.96. The predicted octanol–water partition coefficient (Wildman–Crippen LogP) is 2.24. The van der Waals surface area contributed by atoms with E-state index in [9.17, 15) is 14.0 Å². The Labute approximate surface area is 132 Å². The van der Waals surface area contributed by atoms with Gasteiger partial charge in [0.1, 0.15) is 11.9 Å². The number of hydrogen-bond donors (Lipinski definition) is 2. The molecular formula is C16H18FN3O3. The molecule has 1 atom stereocenters. The monoisotopic (exact) mass is 319 g/mol. The lowest BCUT2D eigenvalue weighted by Gasteiger charge is -2.15. The van der Waals surface area contributed by atoms with Gasteiger partial charge in [0, 0.05) is 6.20 Å². The van der Waals surface area contributed by atoms with E-state index in [0.717, 1.165) is 0 Å². The van der Waals surface area contributed by atoms with Crippen molar-refractivity contribution in [3.05, 3.63) is 48.0 Å². The van der Waals surface area contributed by atoms with E-state index in [2.05, 4.69) is 10.4 Å². The topological polar surface area (TPSA) is 84.2 Å². The van der Waals surface area contributed by atoms with Crippen LogP contribution in [0.2, 0.25) is 0 Å². The van der Waals surface area contributed by atoms with Crippen molar-refractivity contribution in [2.75, 3.05) is 0 Å². The molecule has 122 valence electrons. The Kier molecular flexibility index (Phi) is 5.10. The van der Waals surface area contributed by atoms with E-state index >= 15 is 0 Å². The van der Waals surface area contributed by atoms with Gasteiger partial charge in [-0.05, 0) is 42.7 Å². The number of carbonyl (C=O) groups is 2. The van der Waals surface area contributed by atoms with Crippen molar-refractivity contribution < 1.29 is 19.1 Å². The highest BCUT2D eigenvalue weighted by Crippen LogP contribution is 2.10. The lowest BCUT2D eigenvalue weighted by atomic mass is 10.0. The zero-order chi connectivity index (χ0) is 17.0. The summed E-state index contributed by atoms with van der Waals surface area (Å²) in [5.74, 6) is -1.87. The van der Waals surface area contributed by atoms with Crippen LogP contribution in [-0.2, 0) is 4.79 Å². The number of halogens is 1. The van der Waals surface area contributed by atoms with Crippen LogP contribution in [0.5, 0.6) is 0 Å². The van der Waals surface area contributed by atoms with E-state index in [1.807, 2.05) is 13.8 Å². The quantitative estimate of drug-likeness (QED) is 0.855. The highest BCUT2D eigenvalue weighted by atomic mass is 19.1. The summed E-state index contributed by atoms with van der Waals surface area (Å²) in [6.07, 6.45) is 1.89. The molecule has 1 amide bonds. The van der Waals surface area contributed by atoms with Gasteiger partial charge >= 0.3 is 5.97 Å². The van der Waals surface area contributed by atoms with E-state index < -0.39 is 17.9 Å². The molecule has 1 aromatic heterocycles. The number of rotatable bonds is 6. The van der Waals surface area contributed by atoms with Gasteiger partial charge in [-0.25, -0.2) is 13.9 Å². The number of aromatic nitrogens is 2.